The molecular weight excluding hydrogens is 990 g/mol. The maximum atomic E-state index is 12.9. The summed E-state index contributed by atoms with van der Waals surface area (Å²) in [5, 5.41) is 0. The fourth-order valence-corrected chi connectivity index (χ4v) is 9.44. The third-order valence-electron chi connectivity index (χ3n) is 13.6. The monoisotopic (exact) mass is 1110 g/mol. The van der Waals surface area contributed by atoms with Crippen LogP contribution >= 0.6 is 7.82 Å². The van der Waals surface area contributed by atoms with Crippen molar-refractivity contribution < 1.29 is 42.1 Å². The van der Waals surface area contributed by atoms with Crippen molar-refractivity contribution in [2.45, 2.75) is 277 Å². The van der Waals surface area contributed by atoms with Crippen LogP contribution in [0.25, 0.3) is 0 Å². The molecule has 0 aromatic heterocycles. The molecule has 0 aliphatic carbocycles. The molecule has 0 saturated carbocycles. The van der Waals surface area contributed by atoms with Gasteiger partial charge >= 0.3 is 19.8 Å². The number of hydrogen-bond acceptors (Lipinski definition) is 7. The van der Waals surface area contributed by atoms with Crippen LogP contribution in [0.2, 0.25) is 0 Å². The molecule has 0 heterocycles. The number of esters is 2. The summed E-state index contributed by atoms with van der Waals surface area (Å²) >= 11 is 0. The van der Waals surface area contributed by atoms with E-state index >= 15 is 0 Å². The summed E-state index contributed by atoms with van der Waals surface area (Å²) in [4.78, 5) is 35.8. The highest BCUT2D eigenvalue weighted by atomic mass is 31.2. The average molecular weight is 1110 g/mol. The molecule has 1 N–H and O–H groups in total. The number of likely N-dealkylation sites (N-methyl/N-ethyl adjacent to an activating group) is 1. The van der Waals surface area contributed by atoms with Gasteiger partial charge in [0, 0.05) is 12.8 Å². The first-order valence-corrected chi connectivity index (χ1v) is 33.5. The third kappa shape index (κ3) is 62.1. The molecule has 0 aromatic carbocycles. The lowest BCUT2D eigenvalue weighted by Gasteiger charge is -2.24. The quantitative estimate of drug-likeness (QED) is 0.0211. The second-order valence-electron chi connectivity index (χ2n) is 22.4. The zero-order valence-electron chi connectivity index (χ0n) is 51.1. The van der Waals surface area contributed by atoms with Crippen molar-refractivity contribution in [1.29, 1.82) is 0 Å². The molecular formula is C68H121NO8P+. The summed E-state index contributed by atoms with van der Waals surface area (Å²) in [5.41, 5.74) is 0. The zero-order valence-corrected chi connectivity index (χ0v) is 52.0. The summed E-state index contributed by atoms with van der Waals surface area (Å²) in [6.07, 6.45) is 80.5. The van der Waals surface area contributed by atoms with Crippen molar-refractivity contribution in [3.8, 4) is 0 Å². The summed E-state index contributed by atoms with van der Waals surface area (Å²) in [6.45, 7) is 4.33. The molecule has 450 valence electrons. The van der Waals surface area contributed by atoms with Gasteiger partial charge in [-0.25, -0.2) is 4.57 Å². The van der Waals surface area contributed by atoms with E-state index < -0.39 is 26.5 Å². The minimum Gasteiger partial charge on any atom is -0.462 e. The number of quaternary nitrogens is 1. The molecule has 10 heteroatoms. The van der Waals surface area contributed by atoms with Crippen LogP contribution in [0.15, 0.2) is 97.2 Å². The number of ether oxygens (including phenoxy) is 2. The molecule has 0 aromatic rings. The second kappa shape index (κ2) is 58.6. The number of carbonyl (C=O) groups excluding carboxylic acids is 2. The molecule has 0 saturated heterocycles. The predicted octanol–water partition coefficient (Wildman–Crippen LogP) is 20.4. The van der Waals surface area contributed by atoms with Gasteiger partial charge in [0.2, 0.25) is 0 Å². The maximum Gasteiger partial charge on any atom is 0.472 e. The first-order valence-electron chi connectivity index (χ1n) is 32.0. The van der Waals surface area contributed by atoms with Gasteiger partial charge in [0.15, 0.2) is 6.10 Å². The Morgan fingerprint density at radius 3 is 1.10 bits per heavy atom. The molecule has 2 atom stereocenters. The summed E-state index contributed by atoms with van der Waals surface area (Å²) in [6, 6.07) is 0. The Morgan fingerprint density at radius 1 is 0.410 bits per heavy atom. The van der Waals surface area contributed by atoms with Crippen molar-refractivity contribution in [2.24, 2.45) is 0 Å². The predicted molar refractivity (Wildman–Crippen MR) is 335 cm³/mol. The lowest BCUT2D eigenvalue weighted by Crippen LogP contribution is -2.37. The third-order valence-corrected chi connectivity index (χ3v) is 14.6. The minimum absolute atomic E-state index is 0.0267. The van der Waals surface area contributed by atoms with Crippen molar-refractivity contribution >= 4 is 19.8 Å². The Morgan fingerprint density at radius 2 is 0.731 bits per heavy atom. The summed E-state index contributed by atoms with van der Waals surface area (Å²) in [5.74, 6) is -0.803. The molecule has 0 bridgehead atoms. The fourth-order valence-electron chi connectivity index (χ4n) is 8.70. The van der Waals surface area contributed by atoms with Crippen LogP contribution in [0.4, 0.5) is 0 Å². The molecule has 0 spiro atoms. The van der Waals surface area contributed by atoms with Crippen molar-refractivity contribution in [1.82, 2.24) is 0 Å². The number of nitrogens with zero attached hydrogens (tertiary/aromatic N) is 1. The topological polar surface area (TPSA) is 108 Å². The van der Waals surface area contributed by atoms with E-state index in [2.05, 4.69) is 111 Å². The van der Waals surface area contributed by atoms with Gasteiger partial charge in [-0.3, -0.25) is 18.6 Å². The van der Waals surface area contributed by atoms with E-state index in [0.29, 0.717) is 17.4 Å². The second-order valence-corrected chi connectivity index (χ2v) is 23.9. The Kier molecular flexibility index (Phi) is 56.3. The van der Waals surface area contributed by atoms with Crippen LogP contribution in [-0.2, 0) is 32.7 Å². The Bertz CT molecular complexity index is 1640. The molecule has 0 aliphatic rings. The molecule has 78 heavy (non-hydrogen) atoms. The smallest absolute Gasteiger partial charge is 0.462 e. The lowest BCUT2D eigenvalue weighted by atomic mass is 10.0. The highest BCUT2D eigenvalue weighted by molar-refractivity contribution is 7.47. The number of phosphoric ester groups is 1. The van der Waals surface area contributed by atoms with E-state index in [0.717, 1.165) is 89.9 Å². The van der Waals surface area contributed by atoms with Crippen LogP contribution in [0, 0.1) is 0 Å². The van der Waals surface area contributed by atoms with Gasteiger partial charge in [-0.2, -0.15) is 0 Å². The lowest BCUT2D eigenvalue weighted by molar-refractivity contribution is -0.870. The molecule has 0 aliphatic heterocycles. The Hall–Kier alpha value is -3.07. The number of unbranched alkanes of at least 4 members (excludes halogenated alkanes) is 28. The van der Waals surface area contributed by atoms with Gasteiger partial charge in [0.05, 0.1) is 27.7 Å². The van der Waals surface area contributed by atoms with Crippen molar-refractivity contribution in [3.05, 3.63) is 97.2 Å². The summed E-state index contributed by atoms with van der Waals surface area (Å²) < 4.78 is 34.6. The van der Waals surface area contributed by atoms with Gasteiger partial charge in [-0.1, -0.05) is 259 Å². The van der Waals surface area contributed by atoms with E-state index in [1.54, 1.807) is 0 Å². The van der Waals surface area contributed by atoms with Gasteiger partial charge in [0.25, 0.3) is 0 Å². The van der Waals surface area contributed by atoms with Crippen LogP contribution in [0.1, 0.15) is 271 Å². The van der Waals surface area contributed by atoms with E-state index in [4.69, 9.17) is 18.5 Å². The van der Waals surface area contributed by atoms with Crippen molar-refractivity contribution in [2.75, 3.05) is 47.5 Å². The Balaban J connectivity index is 4.15. The normalized spacial score (nSPS) is 13.9. The number of allylic oxidation sites excluding steroid dienone is 16. The van der Waals surface area contributed by atoms with Crippen LogP contribution in [-0.4, -0.2) is 74.9 Å². The van der Waals surface area contributed by atoms with Crippen LogP contribution in [0.5, 0.6) is 0 Å². The Labute approximate surface area is 481 Å². The molecule has 9 nitrogen and oxygen atoms in total. The average Bonchev–Trinajstić information content (AvgIpc) is 3.40. The van der Waals surface area contributed by atoms with Gasteiger partial charge < -0.3 is 18.9 Å². The summed E-state index contributed by atoms with van der Waals surface area (Å²) in [7, 11) is 1.47. The van der Waals surface area contributed by atoms with E-state index in [1.807, 2.05) is 21.1 Å². The molecule has 0 radical (unpaired) electrons. The van der Waals surface area contributed by atoms with Crippen LogP contribution < -0.4 is 0 Å². The highest BCUT2D eigenvalue weighted by Crippen LogP contribution is 2.43. The zero-order chi connectivity index (χ0) is 57.0. The highest BCUT2D eigenvalue weighted by Gasteiger charge is 2.27. The van der Waals surface area contributed by atoms with Gasteiger partial charge in [-0.05, 0) is 96.3 Å². The van der Waals surface area contributed by atoms with E-state index in [9.17, 15) is 19.0 Å². The number of hydrogen-bond donors (Lipinski definition) is 1. The maximum absolute atomic E-state index is 12.9. The SMILES string of the molecule is CC/C=C\C/C=C\C/C=C\C/C=C\C/C=C\C/C=C\C/C=C\CCCCCCCCCCCC(=O)OC(COC(=O)CCCCCCCCCCCCC/C=C\CCCCCCCCCC)COP(=O)(O)OCC[N+](C)(C)C. The molecule has 0 rings (SSSR count). The standard InChI is InChI=1S/C68H120NO8P/c1-6-8-10-12-14-16-18-20-22-24-26-28-30-31-32-33-34-35-36-37-39-41-43-45-47-49-51-53-55-57-59-61-68(71)77-66(65-76-78(72,73)75-63-62-69(3,4)5)64-74-67(70)60-58-56-54-52-50-48-46-44-42-40-38-29-27-25-23-21-19-17-15-13-11-9-7-2/h8,10,14,16,20,22,25-28,31-32,34-35,37,39,66H,6-7,9,11-13,15,17-19,21,23-24,29-30,33,36,38,40-65H2,1-5H3/p+1/b10-8-,16-14-,22-20-,27-25-,28-26-,32-31-,35-34-,39-37-. The van der Waals surface area contributed by atoms with E-state index in [-0.39, 0.29) is 32.0 Å². The minimum atomic E-state index is -4.40. The van der Waals surface area contributed by atoms with Crippen molar-refractivity contribution in [3.63, 3.8) is 0 Å². The first-order chi connectivity index (χ1) is 38.0. The van der Waals surface area contributed by atoms with Gasteiger partial charge in [0.1, 0.15) is 19.8 Å². The number of carbonyl (C=O) groups is 2. The molecule has 2 unspecified atom stereocenters. The molecule has 0 fully saturated rings. The largest absolute Gasteiger partial charge is 0.472 e. The number of rotatable bonds is 58. The fraction of sp³-hybridized carbons (Fsp3) is 0.735. The van der Waals surface area contributed by atoms with Crippen LogP contribution in [0.3, 0.4) is 0 Å². The number of phosphoric acid groups is 1. The molecule has 0 amide bonds. The van der Waals surface area contributed by atoms with Gasteiger partial charge in [-0.15, -0.1) is 0 Å². The van der Waals surface area contributed by atoms with E-state index in [1.165, 1.54) is 148 Å². The first kappa shape index (κ1) is 74.9.